The first-order valence-corrected chi connectivity index (χ1v) is 6.86. The fourth-order valence-corrected chi connectivity index (χ4v) is 2.40. The molecule has 0 atom stereocenters. The second-order valence-electron chi connectivity index (χ2n) is 4.94. The lowest BCUT2D eigenvalue weighted by molar-refractivity contribution is 1.08. The van der Waals surface area contributed by atoms with E-state index in [0.717, 1.165) is 27.3 Å². The summed E-state index contributed by atoms with van der Waals surface area (Å²) in [6.07, 6.45) is 0. The van der Waals surface area contributed by atoms with Crippen LogP contribution in [0.4, 0.5) is 5.82 Å². The minimum atomic E-state index is 0.752. The highest BCUT2D eigenvalue weighted by Gasteiger charge is 2.06. The maximum atomic E-state index is 5.96. The number of fused-ring (bicyclic) bond motifs is 1. The molecule has 0 spiro atoms. The molecule has 0 bridgehead atoms. The Labute approximate surface area is 123 Å². The van der Waals surface area contributed by atoms with Gasteiger partial charge in [0.15, 0.2) is 0 Å². The van der Waals surface area contributed by atoms with Gasteiger partial charge in [-0.3, -0.25) is 0 Å². The van der Waals surface area contributed by atoms with Gasteiger partial charge < -0.3 is 4.90 Å². The number of hydrogen-bond donors (Lipinski definition) is 0. The lowest BCUT2D eigenvalue weighted by Gasteiger charge is -2.13. The number of hydrogen-bond acceptors (Lipinski definition) is 2. The standard InChI is InChI=1S/C17H15ClN2/c1-20(2)17-11-10-15-14(4-3-5-16(15)19-17)12-6-8-13(18)9-7-12/h3-11H,1-2H3. The third-order valence-electron chi connectivity index (χ3n) is 3.33. The second kappa shape index (κ2) is 5.14. The molecule has 20 heavy (non-hydrogen) atoms. The Morgan fingerprint density at radius 1 is 0.900 bits per heavy atom. The van der Waals surface area contributed by atoms with Gasteiger partial charge >= 0.3 is 0 Å². The van der Waals surface area contributed by atoms with E-state index >= 15 is 0 Å². The predicted octanol–water partition coefficient (Wildman–Crippen LogP) is 4.62. The summed E-state index contributed by atoms with van der Waals surface area (Å²) < 4.78 is 0. The monoisotopic (exact) mass is 282 g/mol. The predicted molar refractivity (Wildman–Crippen MR) is 86.5 cm³/mol. The van der Waals surface area contributed by atoms with Crippen molar-refractivity contribution in [3.8, 4) is 11.1 Å². The zero-order valence-electron chi connectivity index (χ0n) is 11.5. The van der Waals surface area contributed by atoms with Crippen LogP contribution in [0.25, 0.3) is 22.0 Å². The Morgan fingerprint density at radius 2 is 1.65 bits per heavy atom. The van der Waals surface area contributed by atoms with Gasteiger partial charge in [0.25, 0.3) is 0 Å². The highest BCUT2D eigenvalue weighted by atomic mass is 35.5. The molecule has 2 nitrogen and oxygen atoms in total. The maximum absolute atomic E-state index is 5.96. The first kappa shape index (κ1) is 12.9. The fourth-order valence-electron chi connectivity index (χ4n) is 2.27. The Kier molecular flexibility index (Phi) is 3.33. The first-order chi connectivity index (χ1) is 9.65. The summed E-state index contributed by atoms with van der Waals surface area (Å²) in [7, 11) is 3.99. The van der Waals surface area contributed by atoms with Crippen LogP contribution in [0.5, 0.6) is 0 Å². The molecule has 3 rings (SSSR count). The molecule has 100 valence electrons. The molecule has 1 heterocycles. The van der Waals surface area contributed by atoms with Crippen molar-refractivity contribution in [3.05, 3.63) is 59.6 Å². The zero-order chi connectivity index (χ0) is 14.1. The number of pyridine rings is 1. The smallest absolute Gasteiger partial charge is 0.128 e. The van der Waals surface area contributed by atoms with Gasteiger partial charge in [-0.1, -0.05) is 35.9 Å². The summed E-state index contributed by atoms with van der Waals surface area (Å²) in [5, 5.41) is 1.91. The molecular weight excluding hydrogens is 268 g/mol. The van der Waals surface area contributed by atoms with Crippen LogP contribution in [0.15, 0.2) is 54.6 Å². The molecule has 0 saturated heterocycles. The average molecular weight is 283 g/mol. The molecule has 0 fully saturated rings. The van der Waals surface area contributed by atoms with Gasteiger partial charge in [0, 0.05) is 24.5 Å². The number of halogens is 1. The zero-order valence-corrected chi connectivity index (χ0v) is 12.2. The first-order valence-electron chi connectivity index (χ1n) is 6.48. The van der Waals surface area contributed by atoms with Gasteiger partial charge in [0.05, 0.1) is 5.52 Å². The van der Waals surface area contributed by atoms with Crippen molar-refractivity contribution in [1.82, 2.24) is 4.98 Å². The van der Waals surface area contributed by atoms with Crippen molar-refractivity contribution in [2.45, 2.75) is 0 Å². The van der Waals surface area contributed by atoms with E-state index in [-0.39, 0.29) is 0 Å². The van der Waals surface area contributed by atoms with E-state index in [1.54, 1.807) is 0 Å². The quantitative estimate of drug-likeness (QED) is 0.682. The van der Waals surface area contributed by atoms with Gasteiger partial charge in [-0.25, -0.2) is 4.98 Å². The average Bonchev–Trinajstić information content (AvgIpc) is 2.47. The van der Waals surface area contributed by atoms with Crippen molar-refractivity contribution in [1.29, 1.82) is 0 Å². The molecule has 0 aliphatic rings. The van der Waals surface area contributed by atoms with Gasteiger partial charge in [-0.15, -0.1) is 0 Å². The molecule has 2 aromatic carbocycles. The molecule has 0 unspecified atom stereocenters. The van der Waals surface area contributed by atoms with E-state index < -0.39 is 0 Å². The fraction of sp³-hybridized carbons (Fsp3) is 0.118. The summed E-state index contributed by atoms with van der Waals surface area (Å²) in [4.78, 5) is 6.69. The Bertz CT molecular complexity index is 749. The van der Waals surface area contributed by atoms with Gasteiger partial charge in [-0.2, -0.15) is 0 Å². The van der Waals surface area contributed by atoms with E-state index in [1.165, 1.54) is 5.56 Å². The van der Waals surface area contributed by atoms with Crippen molar-refractivity contribution >= 4 is 28.3 Å². The van der Waals surface area contributed by atoms with E-state index in [1.807, 2.05) is 61.5 Å². The van der Waals surface area contributed by atoms with Crippen LogP contribution in [0.1, 0.15) is 0 Å². The van der Waals surface area contributed by atoms with Crippen LogP contribution in [0.3, 0.4) is 0 Å². The lowest BCUT2D eigenvalue weighted by atomic mass is 10.0. The molecule has 3 aromatic rings. The molecule has 0 saturated carbocycles. The topological polar surface area (TPSA) is 16.1 Å². The molecule has 0 N–H and O–H groups in total. The van der Waals surface area contributed by atoms with Gasteiger partial charge in [-0.05, 0) is 41.5 Å². The van der Waals surface area contributed by atoms with E-state index in [9.17, 15) is 0 Å². The van der Waals surface area contributed by atoms with Crippen molar-refractivity contribution in [3.63, 3.8) is 0 Å². The van der Waals surface area contributed by atoms with Crippen LogP contribution in [0, 0.1) is 0 Å². The summed E-state index contributed by atoms with van der Waals surface area (Å²) >= 11 is 5.96. The molecule has 0 aliphatic heterocycles. The normalized spacial score (nSPS) is 10.8. The van der Waals surface area contributed by atoms with Crippen LogP contribution >= 0.6 is 11.6 Å². The summed E-state index contributed by atoms with van der Waals surface area (Å²) in [5.41, 5.74) is 3.33. The van der Waals surface area contributed by atoms with Crippen LogP contribution < -0.4 is 4.90 Å². The van der Waals surface area contributed by atoms with Crippen molar-refractivity contribution < 1.29 is 0 Å². The summed E-state index contributed by atoms with van der Waals surface area (Å²) in [6.45, 7) is 0. The highest BCUT2D eigenvalue weighted by Crippen LogP contribution is 2.29. The van der Waals surface area contributed by atoms with Gasteiger partial charge in [0.2, 0.25) is 0 Å². The Hall–Kier alpha value is -2.06. The molecule has 0 radical (unpaired) electrons. The molecule has 3 heteroatoms. The third-order valence-corrected chi connectivity index (χ3v) is 3.58. The SMILES string of the molecule is CN(C)c1ccc2c(-c3ccc(Cl)cc3)cccc2n1. The Morgan fingerprint density at radius 3 is 2.35 bits per heavy atom. The van der Waals surface area contributed by atoms with Crippen molar-refractivity contribution in [2.75, 3.05) is 19.0 Å². The third kappa shape index (κ3) is 2.35. The number of nitrogens with zero attached hydrogens (tertiary/aromatic N) is 2. The summed E-state index contributed by atoms with van der Waals surface area (Å²) in [5.74, 6) is 0.964. The Balaban J connectivity index is 2.19. The van der Waals surface area contributed by atoms with Crippen molar-refractivity contribution in [2.24, 2.45) is 0 Å². The molecule has 1 aromatic heterocycles. The molecule has 0 amide bonds. The van der Waals surface area contributed by atoms with Crippen LogP contribution in [-0.4, -0.2) is 19.1 Å². The number of aromatic nitrogens is 1. The number of benzene rings is 2. The van der Waals surface area contributed by atoms with E-state index in [4.69, 9.17) is 11.6 Å². The lowest BCUT2D eigenvalue weighted by Crippen LogP contribution is -2.10. The van der Waals surface area contributed by atoms with Gasteiger partial charge in [0.1, 0.15) is 5.82 Å². The van der Waals surface area contributed by atoms with E-state index in [2.05, 4.69) is 17.1 Å². The maximum Gasteiger partial charge on any atom is 0.128 e. The minimum Gasteiger partial charge on any atom is -0.363 e. The van der Waals surface area contributed by atoms with Crippen LogP contribution in [0.2, 0.25) is 5.02 Å². The molecule has 0 aliphatic carbocycles. The summed E-state index contributed by atoms with van der Waals surface area (Å²) in [6, 6.07) is 18.3. The minimum absolute atomic E-state index is 0.752. The largest absolute Gasteiger partial charge is 0.363 e. The van der Waals surface area contributed by atoms with E-state index in [0.29, 0.717) is 0 Å². The van der Waals surface area contributed by atoms with Crippen LogP contribution in [-0.2, 0) is 0 Å². The number of rotatable bonds is 2. The number of anilines is 1. The second-order valence-corrected chi connectivity index (χ2v) is 5.38. The molecular formula is C17H15ClN2. The highest BCUT2D eigenvalue weighted by molar-refractivity contribution is 6.30.